The van der Waals surface area contributed by atoms with Crippen LogP contribution in [-0.2, 0) is 4.79 Å². The van der Waals surface area contributed by atoms with Crippen molar-refractivity contribution in [2.75, 3.05) is 20.2 Å². The third-order valence-electron chi connectivity index (χ3n) is 2.83. The highest BCUT2D eigenvalue weighted by atomic mass is 16.5. The lowest BCUT2D eigenvalue weighted by Crippen LogP contribution is -2.31. The maximum Gasteiger partial charge on any atom is 0.260 e. The zero-order valence-corrected chi connectivity index (χ0v) is 11.3. The molecule has 0 aliphatic heterocycles. The van der Waals surface area contributed by atoms with Crippen LogP contribution in [-0.4, -0.2) is 36.8 Å². The quantitative estimate of drug-likeness (QED) is 0.750. The van der Waals surface area contributed by atoms with E-state index in [0.29, 0.717) is 17.9 Å². The molecule has 1 aromatic carbocycles. The minimum Gasteiger partial charge on any atom is -0.484 e. The topological polar surface area (TPSA) is 46.6 Å². The van der Waals surface area contributed by atoms with Gasteiger partial charge in [0, 0.05) is 19.2 Å². The lowest BCUT2D eigenvalue weighted by molar-refractivity contribution is -0.131. The van der Waals surface area contributed by atoms with Crippen LogP contribution in [0.3, 0.4) is 0 Å². The summed E-state index contributed by atoms with van der Waals surface area (Å²) < 4.78 is 5.45. The summed E-state index contributed by atoms with van der Waals surface area (Å²) in [6.45, 7) is 5.96. The van der Waals surface area contributed by atoms with Crippen LogP contribution < -0.4 is 4.74 Å². The van der Waals surface area contributed by atoms with Crippen LogP contribution in [0.2, 0.25) is 0 Å². The van der Waals surface area contributed by atoms with Gasteiger partial charge in [0.25, 0.3) is 5.91 Å². The number of benzene rings is 1. The molecule has 98 valence electrons. The summed E-state index contributed by atoms with van der Waals surface area (Å²) in [5, 5.41) is 0. The average molecular weight is 249 g/mol. The Morgan fingerprint density at radius 2 is 2.00 bits per heavy atom. The second-order valence-electron chi connectivity index (χ2n) is 4.23. The smallest absolute Gasteiger partial charge is 0.260 e. The highest BCUT2D eigenvalue weighted by molar-refractivity contribution is 5.94. The highest BCUT2D eigenvalue weighted by Gasteiger charge is 2.09. The summed E-state index contributed by atoms with van der Waals surface area (Å²) in [5.41, 5.74) is 1.51. The first kappa shape index (κ1) is 14.2. The number of nitrogens with zero attached hydrogens (tertiary/aromatic N) is 1. The molecule has 4 heteroatoms. The maximum atomic E-state index is 11.6. The van der Waals surface area contributed by atoms with Crippen molar-refractivity contribution in [3.05, 3.63) is 29.3 Å². The molecule has 0 aromatic heterocycles. The van der Waals surface area contributed by atoms with Gasteiger partial charge in [-0.25, -0.2) is 0 Å². The van der Waals surface area contributed by atoms with E-state index < -0.39 is 0 Å². The number of amides is 1. The number of rotatable bonds is 5. The molecule has 0 spiro atoms. The van der Waals surface area contributed by atoms with Crippen molar-refractivity contribution in [1.29, 1.82) is 0 Å². The van der Waals surface area contributed by atoms with Gasteiger partial charge in [0.15, 0.2) is 12.4 Å². The van der Waals surface area contributed by atoms with E-state index in [1.165, 1.54) is 6.92 Å². The van der Waals surface area contributed by atoms with Gasteiger partial charge in [-0.2, -0.15) is 0 Å². The predicted octanol–water partition coefficient (Wildman–Crippen LogP) is 2.05. The molecule has 0 N–H and O–H groups in total. The Labute approximate surface area is 108 Å². The molecule has 4 nitrogen and oxygen atoms in total. The SMILES string of the molecule is CCN(C)C(=O)COc1ccc(C(C)=O)cc1C. The Bertz CT molecular complexity index is 454. The van der Waals surface area contributed by atoms with Crippen LogP contribution in [0.4, 0.5) is 0 Å². The molecule has 0 fully saturated rings. The van der Waals surface area contributed by atoms with Crippen molar-refractivity contribution in [3.8, 4) is 5.75 Å². The third-order valence-corrected chi connectivity index (χ3v) is 2.83. The van der Waals surface area contributed by atoms with E-state index in [1.807, 2.05) is 13.8 Å². The molecule has 0 aliphatic carbocycles. The minimum atomic E-state index is -0.0625. The molecule has 1 rings (SSSR count). The van der Waals surface area contributed by atoms with Gasteiger partial charge in [0.05, 0.1) is 0 Å². The summed E-state index contributed by atoms with van der Waals surface area (Å²) in [5.74, 6) is 0.594. The van der Waals surface area contributed by atoms with E-state index in [4.69, 9.17) is 4.74 Å². The van der Waals surface area contributed by atoms with Crippen molar-refractivity contribution in [2.45, 2.75) is 20.8 Å². The number of likely N-dealkylation sites (N-methyl/N-ethyl adjacent to an activating group) is 1. The highest BCUT2D eigenvalue weighted by Crippen LogP contribution is 2.19. The van der Waals surface area contributed by atoms with Gasteiger partial charge in [-0.05, 0) is 44.5 Å². The second-order valence-corrected chi connectivity index (χ2v) is 4.23. The Balaban J connectivity index is 2.69. The summed E-state index contributed by atoms with van der Waals surface area (Å²) in [6, 6.07) is 5.20. The summed E-state index contributed by atoms with van der Waals surface area (Å²) >= 11 is 0. The Kier molecular flexibility index (Phi) is 4.89. The minimum absolute atomic E-state index is 0.0185. The van der Waals surface area contributed by atoms with Crippen LogP contribution >= 0.6 is 0 Å². The standard InChI is InChI=1S/C14H19NO3/c1-5-15(4)14(17)9-18-13-7-6-12(11(3)16)8-10(13)2/h6-8H,5,9H2,1-4H3. The molecular weight excluding hydrogens is 230 g/mol. The number of carbonyl (C=O) groups excluding carboxylic acids is 2. The van der Waals surface area contributed by atoms with E-state index in [9.17, 15) is 9.59 Å². The number of ether oxygens (including phenoxy) is 1. The molecule has 18 heavy (non-hydrogen) atoms. The Morgan fingerprint density at radius 3 is 2.50 bits per heavy atom. The van der Waals surface area contributed by atoms with Crippen LogP contribution in [0.5, 0.6) is 5.75 Å². The third kappa shape index (κ3) is 3.58. The summed E-state index contributed by atoms with van der Waals surface area (Å²) in [4.78, 5) is 24.4. The number of hydrogen-bond donors (Lipinski definition) is 0. The van der Waals surface area contributed by atoms with E-state index in [1.54, 1.807) is 30.1 Å². The van der Waals surface area contributed by atoms with Crippen molar-refractivity contribution in [1.82, 2.24) is 4.90 Å². The largest absolute Gasteiger partial charge is 0.484 e. The molecule has 0 unspecified atom stereocenters. The van der Waals surface area contributed by atoms with Gasteiger partial charge >= 0.3 is 0 Å². The first-order chi connectivity index (χ1) is 8.45. The predicted molar refractivity (Wildman–Crippen MR) is 70.0 cm³/mol. The molecular formula is C14H19NO3. The van der Waals surface area contributed by atoms with Crippen molar-refractivity contribution in [2.24, 2.45) is 0 Å². The number of Topliss-reactive ketones (excluding diaryl/α,β-unsaturated/α-hetero) is 1. The van der Waals surface area contributed by atoms with Gasteiger partial charge < -0.3 is 9.64 Å². The molecule has 0 radical (unpaired) electrons. The number of carbonyl (C=O) groups is 2. The van der Waals surface area contributed by atoms with Gasteiger partial charge in [-0.3, -0.25) is 9.59 Å². The second kappa shape index (κ2) is 6.19. The fourth-order valence-corrected chi connectivity index (χ4v) is 1.46. The molecule has 0 saturated carbocycles. The lowest BCUT2D eigenvalue weighted by Gasteiger charge is -2.15. The summed E-state index contributed by atoms with van der Waals surface area (Å²) in [6.07, 6.45) is 0. The van der Waals surface area contributed by atoms with Gasteiger partial charge in [-0.15, -0.1) is 0 Å². The Hall–Kier alpha value is -1.84. The zero-order valence-electron chi connectivity index (χ0n) is 11.3. The van der Waals surface area contributed by atoms with E-state index >= 15 is 0 Å². The molecule has 0 atom stereocenters. The number of aryl methyl sites for hydroxylation is 1. The molecule has 0 heterocycles. The molecule has 0 bridgehead atoms. The lowest BCUT2D eigenvalue weighted by atomic mass is 10.1. The zero-order chi connectivity index (χ0) is 13.7. The van der Waals surface area contributed by atoms with Crippen molar-refractivity contribution < 1.29 is 14.3 Å². The molecule has 0 aliphatic rings. The van der Waals surface area contributed by atoms with Crippen LogP contribution in [0.15, 0.2) is 18.2 Å². The van der Waals surface area contributed by atoms with Gasteiger partial charge in [-0.1, -0.05) is 0 Å². The van der Waals surface area contributed by atoms with Crippen LogP contribution in [0.25, 0.3) is 0 Å². The Morgan fingerprint density at radius 1 is 1.33 bits per heavy atom. The fourth-order valence-electron chi connectivity index (χ4n) is 1.46. The number of ketones is 1. The first-order valence-electron chi connectivity index (χ1n) is 5.94. The molecule has 1 aromatic rings. The monoisotopic (exact) mass is 249 g/mol. The van der Waals surface area contributed by atoms with Crippen molar-refractivity contribution in [3.63, 3.8) is 0 Å². The fraction of sp³-hybridized carbons (Fsp3) is 0.429. The number of hydrogen-bond acceptors (Lipinski definition) is 3. The van der Waals surface area contributed by atoms with Gasteiger partial charge in [0.1, 0.15) is 5.75 Å². The molecule has 0 saturated heterocycles. The maximum absolute atomic E-state index is 11.6. The normalized spacial score (nSPS) is 10.0. The van der Waals surface area contributed by atoms with Crippen LogP contribution in [0.1, 0.15) is 29.8 Å². The van der Waals surface area contributed by atoms with E-state index in [-0.39, 0.29) is 18.3 Å². The van der Waals surface area contributed by atoms with E-state index in [2.05, 4.69) is 0 Å². The summed E-state index contributed by atoms with van der Waals surface area (Å²) in [7, 11) is 1.73. The first-order valence-corrected chi connectivity index (χ1v) is 5.94. The van der Waals surface area contributed by atoms with Crippen molar-refractivity contribution >= 4 is 11.7 Å². The average Bonchev–Trinajstić information content (AvgIpc) is 2.35. The molecule has 1 amide bonds. The van der Waals surface area contributed by atoms with E-state index in [0.717, 1.165) is 5.56 Å². The van der Waals surface area contributed by atoms with Crippen LogP contribution in [0, 0.1) is 6.92 Å². The van der Waals surface area contributed by atoms with Gasteiger partial charge in [0.2, 0.25) is 0 Å².